The molecule has 1 aromatic rings. The Bertz CT molecular complexity index is 522. The van der Waals surface area contributed by atoms with E-state index in [4.69, 9.17) is 9.26 Å². The summed E-state index contributed by atoms with van der Waals surface area (Å²) in [5.41, 5.74) is -0.757. The van der Waals surface area contributed by atoms with Crippen LogP contribution >= 0.6 is 0 Å². The van der Waals surface area contributed by atoms with E-state index < -0.39 is 12.1 Å². The average Bonchev–Trinajstić information content (AvgIpc) is 3.03. The molecule has 0 aliphatic carbocycles. The molecule has 0 N–H and O–H groups in total. The molecule has 2 rings (SSSR count). The number of carbonyl (C=O) groups is 1. The van der Waals surface area contributed by atoms with E-state index in [-0.39, 0.29) is 12.0 Å². The van der Waals surface area contributed by atoms with Crippen LogP contribution in [-0.4, -0.2) is 47.5 Å². The summed E-state index contributed by atoms with van der Waals surface area (Å²) in [5.74, 6) is 1.40. The fourth-order valence-corrected chi connectivity index (χ4v) is 2.38. The molecule has 23 heavy (non-hydrogen) atoms. The van der Waals surface area contributed by atoms with Crippen LogP contribution in [0.4, 0.5) is 9.18 Å². The Hall–Kier alpha value is -1.66. The SMILES string of the molecule is CC(C)COC(=O)N1CCC(c2noc(C(C)(C)CF)n2)CC1. The second-order valence-electron chi connectivity index (χ2n) is 7.21. The number of aromatic nitrogens is 2. The summed E-state index contributed by atoms with van der Waals surface area (Å²) in [5, 5.41) is 4.00. The third kappa shape index (κ3) is 4.42. The molecule has 0 unspecified atom stereocenters. The largest absolute Gasteiger partial charge is 0.449 e. The summed E-state index contributed by atoms with van der Waals surface area (Å²) in [6.45, 7) is 8.59. The molecule has 1 aromatic heterocycles. The van der Waals surface area contributed by atoms with Gasteiger partial charge in [-0.2, -0.15) is 4.98 Å². The summed E-state index contributed by atoms with van der Waals surface area (Å²) in [4.78, 5) is 18.0. The Balaban J connectivity index is 1.88. The number of piperidine rings is 1. The zero-order chi connectivity index (χ0) is 17.0. The van der Waals surface area contributed by atoms with Crippen LogP contribution in [0, 0.1) is 5.92 Å². The van der Waals surface area contributed by atoms with Crippen LogP contribution in [0.5, 0.6) is 0 Å². The molecule has 1 saturated heterocycles. The van der Waals surface area contributed by atoms with Gasteiger partial charge in [-0.1, -0.05) is 19.0 Å². The number of ether oxygens (including phenoxy) is 1. The molecule has 1 aliphatic heterocycles. The predicted octanol–water partition coefficient (Wildman–Crippen LogP) is 3.29. The van der Waals surface area contributed by atoms with Crippen molar-refractivity contribution in [3.8, 4) is 0 Å². The van der Waals surface area contributed by atoms with Crippen LogP contribution in [0.25, 0.3) is 0 Å². The van der Waals surface area contributed by atoms with Crippen LogP contribution < -0.4 is 0 Å². The summed E-state index contributed by atoms with van der Waals surface area (Å²) in [6.07, 6.45) is 1.25. The van der Waals surface area contributed by atoms with Gasteiger partial charge in [0, 0.05) is 19.0 Å². The zero-order valence-electron chi connectivity index (χ0n) is 14.3. The Labute approximate surface area is 136 Å². The standard InChI is InChI=1S/C16H26FN3O3/c1-11(2)9-22-15(21)20-7-5-12(6-8-20)13-18-14(23-19-13)16(3,4)10-17/h11-12H,5-10H2,1-4H3. The lowest BCUT2D eigenvalue weighted by molar-refractivity contribution is 0.0829. The maximum atomic E-state index is 13.0. The summed E-state index contributed by atoms with van der Waals surface area (Å²) in [6, 6.07) is 0. The molecule has 1 amide bonds. The topological polar surface area (TPSA) is 68.5 Å². The Kier molecular flexibility index (Phi) is 5.59. The average molecular weight is 327 g/mol. The highest BCUT2D eigenvalue weighted by Gasteiger charge is 2.31. The molecule has 0 saturated carbocycles. The van der Waals surface area contributed by atoms with Gasteiger partial charge in [-0.3, -0.25) is 0 Å². The molecule has 0 spiro atoms. The molecule has 0 bridgehead atoms. The van der Waals surface area contributed by atoms with Crippen molar-refractivity contribution in [3.05, 3.63) is 11.7 Å². The third-order valence-electron chi connectivity index (χ3n) is 4.01. The van der Waals surface area contributed by atoms with Gasteiger partial charge in [0.05, 0.1) is 12.0 Å². The lowest BCUT2D eigenvalue weighted by Crippen LogP contribution is -2.38. The highest BCUT2D eigenvalue weighted by molar-refractivity contribution is 5.67. The van der Waals surface area contributed by atoms with Crippen molar-refractivity contribution in [2.24, 2.45) is 5.92 Å². The van der Waals surface area contributed by atoms with Gasteiger partial charge in [-0.25, -0.2) is 9.18 Å². The van der Waals surface area contributed by atoms with Gasteiger partial charge >= 0.3 is 6.09 Å². The lowest BCUT2D eigenvalue weighted by Gasteiger charge is -2.30. The number of halogens is 1. The second-order valence-corrected chi connectivity index (χ2v) is 7.21. The summed E-state index contributed by atoms with van der Waals surface area (Å²) < 4.78 is 23.4. The number of hydrogen-bond acceptors (Lipinski definition) is 5. The van der Waals surface area contributed by atoms with Gasteiger partial charge in [-0.15, -0.1) is 0 Å². The minimum absolute atomic E-state index is 0.136. The number of likely N-dealkylation sites (tertiary alicyclic amines) is 1. The molecule has 0 aromatic carbocycles. The minimum atomic E-state index is -0.757. The van der Waals surface area contributed by atoms with E-state index in [2.05, 4.69) is 10.1 Å². The first kappa shape index (κ1) is 17.7. The highest BCUT2D eigenvalue weighted by atomic mass is 19.1. The number of carbonyl (C=O) groups excluding carboxylic acids is 1. The fourth-order valence-electron chi connectivity index (χ4n) is 2.38. The van der Waals surface area contributed by atoms with Crippen molar-refractivity contribution >= 4 is 6.09 Å². The predicted molar refractivity (Wildman–Crippen MR) is 83.0 cm³/mol. The van der Waals surface area contributed by atoms with E-state index in [1.54, 1.807) is 18.7 Å². The highest BCUT2D eigenvalue weighted by Crippen LogP contribution is 2.29. The number of amides is 1. The molecule has 1 aliphatic rings. The minimum Gasteiger partial charge on any atom is -0.449 e. The van der Waals surface area contributed by atoms with Crippen LogP contribution in [-0.2, 0) is 10.2 Å². The lowest BCUT2D eigenvalue weighted by atomic mass is 9.94. The number of alkyl halides is 1. The molecule has 6 nitrogen and oxygen atoms in total. The number of rotatable bonds is 5. The van der Waals surface area contributed by atoms with Gasteiger partial charge in [0.1, 0.15) is 6.67 Å². The van der Waals surface area contributed by atoms with Gasteiger partial charge < -0.3 is 14.2 Å². The van der Waals surface area contributed by atoms with Crippen molar-refractivity contribution < 1.29 is 18.4 Å². The molecule has 1 fully saturated rings. The molecule has 130 valence electrons. The van der Waals surface area contributed by atoms with Gasteiger partial charge in [0.2, 0.25) is 5.89 Å². The van der Waals surface area contributed by atoms with E-state index in [1.165, 1.54) is 0 Å². The van der Waals surface area contributed by atoms with E-state index in [0.717, 1.165) is 12.8 Å². The maximum Gasteiger partial charge on any atom is 0.409 e. The van der Waals surface area contributed by atoms with Gasteiger partial charge in [0.15, 0.2) is 5.82 Å². The van der Waals surface area contributed by atoms with E-state index in [9.17, 15) is 9.18 Å². The van der Waals surface area contributed by atoms with Crippen LogP contribution in [0.15, 0.2) is 4.52 Å². The van der Waals surface area contributed by atoms with Gasteiger partial charge in [-0.05, 0) is 32.6 Å². The molecule has 7 heteroatoms. The summed E-state index contributed by atoms with van der Waals surface area (Å²) in [7, 11) is 0. The Morgan fingerprint density at radius 1 is 1.43 bits per heavy atom. The summed E-state index contributed by atoms with van der Waals surface area (Å²) >= 11 is 0. The van der Waals surface area contributed by atoms with Crippen molar-refractivity contribution in [3.63, 3.8) is 0 Å². The van der Waals surface area contributed by atoms with E-state index in [1.807, 2.05) is 13.8 Å². The normalized spacial score (nSPS) is 16.9. The first-order valence-electron chi connectivity index (χ1n) is 8.15. The van der Waals surface area contributed by atoms with E-state index in [0.29, 0.717) is 37.3 Å². The third-order valence-corrected chi connectivity index (χ3v) is 4.01. The van der Waals surface area contributed by atoms with E-state index >= 15 is 0 Å². The molecule has 2 heterocycles. The Morgan fingerprint density at radius 3 is 2.65 bits per heavy atom. The quantitative estimate of drug-likeness (QED) is 0.830. The molecule has 0 atom stereocenters. The van der Waals surface area contributed by atoms with Crippen molar-refractivity contribution in [2.45, 2.75) is 51.9 Å². The molecular weight excluding hydrogens is 301 g/mol. The van der Waals surface area contributed by atoms with Crippen LogP contribution in [0.1, 0.15) is 58.2 Å². The van der Waals surface area contributed by atoms with Gasteiger partial charge in [0.25, 0.3) is 0 Å². The van der Waals surface area contributed by atoms with Crippen molar-refractivity contribution in [1.82, 2.24) is 15.0 Å². The first-order valence-corrected chi connectivity index (χ1v) is 8.15. The van der Waals surface area contributed by atoms with Crippen LogP contribution in [0.2, 0.25) is 0 Å². The Morgan fingerprint density at radius 2 is 2.09 bits per heavy atom. The zero-order valence-corrected chi connectivity index (χ0v) is 14.3. The maximum absolute atomic E-state index is 13.0. The van der Waals surface area contributed by atoms with Crippen LogP contribution in [0.3, 0.4) is 0 Å². The smallest absolute Gasteiger partial charge is 0.409 e. The van der Waals surface area contributed by atoms with Crippen molar-refractivity contribution in [1.29, 1.82) is 0 Å². The fraction of sp³-hybridized carbons (Fsp3) is 0.812. The number of nitrogens with zero attached hydrogens (tertiary/aromatic N) is 3. The second kappa shape index (κ2) is 7.27. The molecular formula is C16H26FN3O3. The first-order chi connectivity index (χ1) is 10.8. The van der Waals surface area contributed by atoms with Crippen molar-refractivity contribution in [2.75, 3.05) is 26.4 Å². The number of hydrogen-bond donors (Lipinski definition) is 0. The molecule has 0 radical (unpaired) electrons. The monoisotopic (exact) mass is 327 g/mol.